The summed E-state index contributed by atoms with van der Waals surface area (Å²) in [5.41, 5.74) is 1.07. The fraction of sp³-hybridized carbons (Fsp3) is 0.611. The van der Waals surface area contributed by atoms with Gasteiger partial charge in [0.05, 0.1) is 13.0 Å². The van der Waals surface area contributed by atoms with Gasteiger partial charge in [-0.25, -0.2) is 0 Å². The van der Waals surface area contributed by atoms with E-state index < -0.39 is 0 Å². The summed E-state index contributed by atoms with van der Waals surface area (Å²) in [6.07, 6.45) is 2.79. The number of likely N-dealkylation sites (tertiary alicyclic amines) is 1. The average Bonchev–Trinajstić information content (AvgIpc) is 2.88. The number of hydrogen-bond acceptors (Lipinski definition) is 3. The van der Waals surface area contributed by atoms with Crippen molar-refractivity contribution in [3.05, 3.63) is 29.8 Å². The molecule has 0 unspecified atom stereocenters. The summed E-state index contributed by atoms with van der Waals surface area (Å²) in [4.78, 5) is 14.6. The molecule has 2 aliphatic heterocycles. The molecule has 0 aliphatic carbocycles. The number of carbonyl (C=O) groups is 1. The lowest BCUT2D eigenvalue weighted by Crippen LogP contribution is -2.33. The highest BCUT2D eigenvalue weighted by molar-refractivity contribution is 5.85. The van der Waals surface area contributed by atoms with Crippen LogP contribution in [0.4, 0.5) is 0 Å². The molecule has 23 heavy (non-hydrogen) atoms. The number of ether oxygens (including phenoxy) is 1. The molecule has 0 radical (unpaired) electrons. The molecular formula is C18H27ClN2O2. The highest BCUT2D eigenvalue weighted by Crippen LogP contribution is 2.27. The van der Waals surface area contributed by atoms with E-state index in [-0.39, 0.29) is 18.3 Å². The smallest absolute Gasteiger partial charge is 0.226 e. The Morgan fingerprint density at radius 2 is 1.78 bits per heavy atom. The van der Waals surface area contributed by atoms with Crippen LogP contribution in [0, 0.1) is 11.8 Å². The Balaban J connectivity index is 0.00000192. The monoisotopic (exact) mass is 338 g/mol. The molecule has 2 atom stereocenters. The van der Waals surface area contributed by atoms with E-state index in [2.05, 4.69) is 10.2 Å². The molecule has 5 heteroatoms. The van der Waals surface area contributed by atoms with Gasteiger partial charge in [-0.3, -0.25) is 4.79 Å². The van der Waals surface area contributed by atoms with Crippen molar-refractivity contribution >= 4 is 18.3 Å². The van der Waals surface area contributed by atoms with E-state index in [0.29, 0.717) is 13.0 Å². The van der Waals surface area contributed by atoms with Gasteiger partial charge in [-0.05, 0) is 62.4 Å². The number of amides is 1. The lowest BCUT2D eigenvalue weighted by atomic mass is 9.92. The second-order valence-electron chi connectivity index (χ2n) is 6.39. The first-order chi connectivity index (χ1) is 10.8. The summed E-state index contributed by atoms with van der Waals surface area (Å²) in [7, 11) is 0. The maximum atomic E-state index is 12.5. The number of nitrogens with one attached hydrogen (secondary N) is 1. The molecule has 0 bridgehead atoms. The van der Waals surface area contributed by atoms with Crippen molar-refractivity contribution in [3.8, 4) is 5.75 Å². The zero-order chi connectivity index (χ0) is 15.4. The topological polar surface area (TPSA) is 41.6 Å². The molecule has 1 N–H and O–H groups in total. The predicted molar refractivity (Wildman–Crippen MR) is 94.2 cm³/mol. The van der Waals surface area contributed by atoms with Gasteiger partial charge in [0, 0.05) is 13.1 Å². The van der Waals surface area contributed by atoms with Crippen LogP contribution in [0.3, 0.4) is 0 Å². The second-order valence-corrected chi connectivity index (χ2v) is 6.39. The molecule has 0 saturated carbocycles. The van der Waals surface area contributed by atoms with Gasteiger partial charge in [0.15, 0.2) is 0 Å². The van der Waals surface area contributed by atoms with Crippen molar-refractivity contribution in [2.24, 2.45) is 11.8 Å². The van der Waals surface area contributed by atoms with Crippen LogP contribution in [0.5, 0.6) is 5.75 Å². The van der Waals surface area contributed by atoms with Crippen molar-refractivity contribution in [3.63, 3.8) is 0 Å². The van der Waals surface area contributed by atoms with E-state index >= 15 is 0 Å². The molecule has 3 rings (SSSR count). The van der Waals surface area contributed by atoms with E-state index in [1.807, 2.05) is 31.2 Å². The Morgan fingerprint density at radius 1 is 1.17 bits per heavy atom. The van der Waals surface area contributed by atoms with Gasteiger partial charge in [0.25, 0.3) is 0 Å². The Labute approximate surface area is 145 Å². The summed E-state index contributed by atoms with van der Waals surface area (Å²) in [6, 6.07) is 7.90. The minimum atomic E-state index is 0. The van der Waals surface area contributed by atoms with Crippen molar-refractivity contribution in [1.82, 2.24) is 10.2 Å². The third-order valence-corrected chi connectivity index (χ3v) is 4.96. The highest BCUT2D eigenvalue weighted by atomic mass is 35.5. The van der Waals surface area contributed by atoms with E-state index in [0.717, 1.165) is 62.2 Å². The molecule has 2 aliphatic rings. The Morgan fingerprint density at radius 3 is 2.35 bits per heavy atom. The van der Waals surface area contributed by atoms with Crippen LogP contribution in [0.1, 0.15) is 25.3 Å². The molecule has 2 saturated heterocycles. The fourth-order valence-electron chi connectivity index (χ4n) is 3.62. The lowest BCUT2D eigenvalue weighted by molar-refractivity contribution is -0.130. The average molecular weight is 339 g/mol. The molecule has 128 valence electrons. The molecule has 1 aromatic carbocycles. The zero-order valence-corrected chi connectivity index (χ0v) is 14.6. The number of nitrogens with zero attached hydrogens (tertiary/aromatic N) is 1. The first-order valence-corrected chi connectivity index (χ1v) is 8.46. The minimum absolute atomic E-state index is 0. The fourth-order valence-corrected chi connectivity index (χ4v) is 3.62. The van der Waals surface area contributed by atoms with Gasteiger partial charge >= 0.3 is 0 Å². The number of rotatable bonds is 4. The van der Waals surface area contributed by atoms with Crippen LogP contribution < -0.4 is 10.1 Å². The number of carbonyl (C=O) groups excluding carboxylic acids is 1. The van der Waals surface area contributed by atoms with Crippen molar-refractivity contribution in [2.75, 3.05) is 32.8 Å². The van der Waals surface area contributed by atoms with E-state index in [4.69, 9.17) is 4.74 Å². The van der Waals surface area contributed by atoms with E-state index in [1.165, 1.54) is 0 Å². The van der Waals surface area contributed by atoms with Crippen LogP contribution >= 0.6 is 12.4 Å². The maximum Gasteiger partial charge on any atom is 0.226 e. The Bertz CT molecular complexity index is 492. The number of halogens is 1. The van der Waals surface area contributed by atoms with Crippen LogP contribution in [0.2, 0.25) is 0 Å². The summed E-state index contributed by atoms with van der Waals surface area (Å²) in [6.45, 7) is 6.74. The minimum Gasteiger partial charge on any atom is -0.494 e. The van der Waals surface area contributed by atoms with Crippen molar-refractivity contribution < 1.29 is 9.53 Å². The normalized spacial score (nSPS) is 23.6. The van der Waals surface area contributed by atoms with Gasteiger partial charge in [-0.15, -0.1) is 12.4 Å². The largest absolute Gasteiger partial charge is 0.494 e. The standard InChI is InChI=1S/C18H26N2O2.ClH/c1-2-22-17-5-3-14(4-6-17)11-18(21)20-9-7-15-12-19-13-16(15)8-10-20;/h3-6,15-16,19H,2,7-13H2,1H3;1H/t15-,16+;. The molecule has 4 nitrogen and oxygen atoms in total. The zero-order valence-electron chi connectivity index (χ0n) is 13.8. The van der Waals surface area contributed by atoms with Crippen LogP contribution in [-0.2, 0) is 11.2 Å². The molecule has 1 aromatic rings. The van der Waals surface area contributed by atoms with Gasteiger partial charge in [-0.1, -0.05) is 12.1 Å². The number of benzene rings is 1. The molecule has 0 aromatic heterocycles. The molecule has 0 spiro atoms. The quantitative estimate of drug-likeness (QED) is 0.917. The summed E-state index contributed by atoms with van der Waals surface area (Å²) < 4.78 is 5.44. The summed E-state index contributed by atoms with van der Waals surface area (Å²) in [5, 5.41) is 3.48. The van der Waals surface area contributed by atoms with Gasteiger partial charge in [-0.2, -0.15) is 0 Å². The Kier molecular flexibility index (Phi) is 6.72. The van der Waals surface area contributed by atoms with E-state index in [1.54, 1.807) is 0 Å². The maximum absolute atomic E-state index is 12.5. The summed E-state index contributed by atoms with van der Waals surface area (Å²) in [5.74, 6) is 2.66. The van der Waals surface area contributed by atoms with Crippen LogP contribution in [-0.4, -0.2) is 43.6 Å². The van der Waals surface area contributed by atoms with E-state index in [9.17, 15) is 4.79 Å². The van der Waals surface area contributed by atoms with Crippen LogP contribution in [0.25, 0.3) is 0 Å². The molecule has 1 amide bonds. The Hall–Kier alpha value is -1.26. The molecule has 2 fully saturated rings. The van der Waals surface area contributed by atoms with Gasteiger partial charge < -0.3 is 15.0 Å². The number of hydrogen-bond donors (Lipinski definition) is 1. The third-order valence-electron chi connectivity index (χ3n) is 4.96. The first-order valence-electron chi connectivity index (χ1n) is 8.46. The third kappa shape index (κ3) is 4.61. The second kappa shape index (κ2) is 8.55. The van der Waals surface area contributed by atoms with Crippen LogP contribution in [0.15, 0.2) is 24.3 Å². The summed E-state index contributed by atoms with van der Waals surface area (Å²) >= 11 is 0. The number of fused-ring (bicyclic) bond motifs is 1. The SMILES string of the molecule is CCOc1ccc(CC(=O)N2CC[C@@H]3CNC[C@@H]3CC2)cc1.Cl. The van der Waals surface area contributed by atoms with Gasteiger partial charge in [0.1, 0.15) is 5.75 Å². The predicted octanol–water partition coefficient (Wildman–Crippen LogP) is 2.51. The first kappa shape index (κ1) is 18.1. The molecular weight excluding hydrogens is 312 g/mol. The lowest BCUT2D eigenvalue weighted by Gasteiger charge is -2.21. The van der Waals surface area contributed by atoms with Crippen molar-refractivity contribution in [1.29, 1.82) is 0 Å². The van der Waals surface area contributed by atoms with Crippen molar-refractivity contribution in [2.45, 2.75) is 26.2 Å². The highest BCUT2D eigenvalue weighted by Gasteiger charge is 2.31. The molecule has 2 heterocycles. The van der Waals surface area contributed by atoms with Gasteiger partial charge in [0.2, 0.25) is 5.91 Å².